The van der Waals surface area contributed by atoms with Crippen molar-refractivity contribution in [2.75, 3.05) is 0 Å². The first-order valence-corrected chi connectivity index (χ1v) is 12.4. The predicted octanol–water partition coefficient (Wildman–Crippen LogP) is 5.53. The van der Waals surface area contributed by atoms with Gasteiger partial charge in [-0.1, -0.05) is 48.5 Å². The number of aliphatic carboxylic acids is 1. The molecule has 2 aromatic heterocycles. The molecule has 1 amide bonds. The molecule has 1 aliphatic rings. The molecular formula is C27H24N4O3S. The van der Waals surface area contributed by atoms with E-state index in [1.165, 1.54) is 5.01 Å². The third-order valence-electron chi connectivity index (χ3n) is 5.97. The zero-order valence-corrected chi connectivity index (χ0v) is 19.8. The van der Waals surface area contributed by atoms with Crippen molar-refractivity contribution in [3.8, 4) is 16.9 Å². The topological polar surface area (TPSA) is 87.8 Å². The van der Waals surface area contributed by atoms with Crippen LogP contribution in [-0.2, 0) is 9.59 Å². The molecule has 3 heterocycles. The van der Waals surface area contributed by atoms with Crippen LogP contribution in [0.1, 0.15) is 42.9 Å². The van der Waals surface area contributed by atoms with Gasteiger partial charge in [-0.15, -0.1) is 0 Å². The van der Waals surface area contributed by atoms with Crippen LogP contribution in [0.15, 0.2) is 88.8 Å². The Morgan fingerprint density at radius 3 is 2.40 bits per heavy atom. The van der Waals surface area contributed by atoms with Crippen LogP contribution in [0, 0.1) is 0 Å². The Bertz CT molecular complexity index is 1350. The van der Waals surface area contributed by atoms with Gasteiger partial charge in [-0.25, -0.2) is 9.69 Å². The van der Waals surface area contributed by atoms with Crippen molar-refractivity contribution in [3.05, 3.63) is 94.8 Å². The highest BCUT2D eigenvalue weighted by Gasteiger charge is 2.36. The van der Waals surface area contributed by atoms with Crippen LogP contribution in [0.3, 0.4) is 0 Å². The lowest BCUT2D eigenvalue weighted by molar-refractivity contribution is -0.137. The van der Waals surface area contributed by atoms with Gasteiger partial charge < -0.3 is 5.11 Å². The van der Waals surface area contributed by atoms with E-state index in [0.717, 1.165) is 33.8 Å². The maximum atomic E-state index is 13.3. The maximum absolute atomic E-state index is 13.3. The fraction of sp³-hybridized carbons (Fsp3) is 0.185. The maximum Gasteiger partial charge on any atom is 0.303 e. The number of aromatic nitrogens is 2. The molecule has 35 heavy (non-hydrogen) atoms. The molecule has 176 valence electrons. The first-order chi connectivity index (χ1) is 17.1. The number of carbonyl (C=O) groups is 2. The van der Waals surface area contributed by atoms with Gasteiger partial charge in [-0.2, -0.15) is 21.5 Å². The Hall–Kier alpha value is -4.04. The Labute approximate surface area is 207 Å². The van der Waals surface area contributed by atoms with Gasteiger partial charge in [0.1, 0.15) is 0 Å². The average Bonchev–Trinajstić information content (AvgIpc) is 3.64. The number of carbonyl (C=O) groups excluding carboxylic acids is 1. The number of hydrogen-bond acceptors (Lipinski definition) is 5. The number of amides is 1. The molecule has 1 atom stereocenters. The van der Waals surface area contributed by atoms with Crippen LogP contribution in [-0.4, -0.2) is 37.5 Å². The summed E-state index contributed by atoms with van der Waals surface area (Å²) in [6.45, 7) is 0. The third-order valence-corrected chi connectivity index (χ3v) is 6.65. The zero-order chi connectivity index (χ0) is 24.2. The summed E-state index contributed by atoms with van der Waals surface area (Å²) in [5, 5.41) is 24.2. The lowest BCUT2D eigenvalue weighted by Crippen LogP contribution is -2.27. The van der Waals surface area contributed by atoms with Crippen LogP contribution in [0.2, 0.25) is 0 Å². The molecule has 0 spiro atoms. The Morgan fingerprint density at radius 2 is 1.71 bits per heavy atom. The zero-order valence-electron chi connectivity index (χ0n) is 18.9. The molecule has 1 aliphatic heterocycles. The molecule has 4 aromatic rings. The van der Waals surface area contributed by atoms with Crippen LogP contribution in [0.25, 0.3) is 16.9 Å². The molecule has 0 saturated carbocycles. The quantitative estimate of drug-likeness (QED) is 0.356. The standard InChI is InChI=1S/C27H24N4O3S/c32-25(12-7-13-26(33)34)31-24(16-23(28-31)20-14-15-35-18-20)22-17-30(21-10-5-2-6-11-21)29-27(22)19-8-3-1-4-9-19/h1-6,8-11,14-15,17-18,24H,7,12-13,16H2,(H,33,34)/t24-/m0/s1. The summed E-state index contributed by atoms with van der Waals surface area (Å²) in [7, 11) is 0. The van der Waals surface area contributed by atoms with Gasteiger partial charge in [0.25, 0.3) is 0 Å². The Balaban J connectivity index is 1.55. The summed E-state index contributed by atoms with van der Waals surface area (Å²) in [5.41, 5.74) is 5.42. The number of carboxylic acid groups (broad SMARTS) is 1. The van der Waals surface area contributed by atoms with Crippen molar-refractivity contribution in [1.29, 1.82) is 0 Å². The summed E-state index contributed by atoms with van der Waals surface area (Å²) in [6.07, 6.45) is 2.88. The molecule has 0 aliphatic carbocycles. The van der Waals surface area contributed by atoms with Crippen LogP contribution in [0.5, 0.6) is 0 Å². The number of benzene rings is 2. The molecule has 5 rings (SSSR count). The molecule has 8 heteroatoms. The van der Waals surface area contributed by atoms with Gasteiger partial charge in [0.2, 0.25) is 5.91 Å². The van der Waals surface area contributed by atoms with Crippen molar-refractivity contribution in [3.63, 3.8) is 0 Å². The van der Waals surface area contributed by atoms with E-state index in [-0.39, 0.29) is 31.2 Å². The second kappa shape index (κ2) is 10.1. The molecule has 0 saturated heterocycles. The number of nitrogens with zero attached hydrogens (tertiary/aromatic N) is 4. The molecular weight excluding hydrogens is 460 g/mol. The van der Waals surface area contributed by atoms with E-state index in [2.05, 4.69) is 0 Å². The first-order valence-electron chi connectivity index (χ1n) is 11.4. The van der Waals surface area contributed by atoms with Crippen molar-refractivity contribution < 1.29 is 14.7 Å². The minimum atomic E-state index is -0.909. The van der Waals surface area contributed by atoms with Gasteiger partial charge in [-0.05, 0) is 35.4 Å². The SMILES string of the molecule is O=C(O)CCCC(=O)N1N=C(c2ccsc2)C[C@H]1c1cn(-c2ccccc2)nc1-c1ccccc1. The summed E-state index contributed by atoms with van der Waals surface area (Å²) in [4.78, 5) is 24.2. The molecule has 7 nitrogen and oxygen atoms in total. The fourth-order valence-corrected chi connectivity index (χ4v) is 4.92. The van der Waals surface area contributed by atoms with Gasteiger partial charge >= 0.3 is 5.97 Å². The molecule has 0 unspecified atom stereocenters. The van der Waals surface area contributed by atoms with Gasteiger partial charge in [0, 0.05) is 42.1 Å². The Morgan fingerprint density at radius 1 is 0.971 bits per heavy atom. The van der Waals surface area contributed by atoms with Crippen LogP contribution < -0.4 is 0 Å². The van der Waals surface area contributed by atoms with Gasteiger partial charge in [-0.3, -0.25) is 9.59 Å². The van der Waals surface area contributed by atoms with Crippen LogP contribution >= 0.6 is 11.3 Å². The van der Waals surface area contributed by atoms with Crippen molar-refractivity contribution >= 4 is 28.9 Å². The van der Waals surface area contributed by atoms with E-state index in [1.807, 2.05) is 88.4 Å². The van der Waals surface area contributed by atoms with E-state index >= 15 is 0 Å². The predicted molar refractivity (Wildman–Crippen MR) is 136 cm³/mol. The highest BCUT2D eigenvalue weighted by atomic mass is 32.1. The summed E-state index contributed by atoms with van der Waals surface area (Å²) in [6, 6.07) is 21.4. The molecule has 0 fully saturated rings. The third kappa shape index (κ3) is 4.93. The van der Waals surface area contributed by atoms with E-state index in [4.69, 9.17) is 15.3 Å². The molecule has 2 aromatic carbocycles. The second-order valence-electron chi connectivity index (χ2n) is 8.34. The minimum absolute atomic E-state index is 0.0491. The van der Waals surface area contributed by atoms with Crippen molar-refractivity contribution in [1.82, 2.24) is 14.8 Å². The monoisotopic (exact) mass is 484 g/mol. The number of carboxylic acids is 1. The highest BCUT2D eigenvalue weighted by Crippen LogP contribution is 2.39. The molecule has 0 radical (unpaired) electrons. The second-order valence-corrected chi connectivity index (χ2v) is 9.12. The lowest BCUT2D eigenvalue weighted by Gasteiger charge is -2.22. The number of hydrogen-bond donors (Lipinski definition) is 1. The van der Waals surface area contributed by atoms with E-state index in [0.29, 0.717) is 6.42 Å². The van der Waals surface area contributed by atoms with E-state index < -0.39 is 5.97 Å². The van der Waals surface area contributed by atoms with Crippen LogP contribution in [0.4, 0.5) is 0 Å². The van der Waals surface area contributed by atoms with E-state index in [9.17, 15) is 9.59 Å². The van der Waals surface area contributed by atoms with Gasteiger partial charge in [0.05, 0.1) is 23.1 Å². The fourth-order valence-electron chi connectivity index (χ4n) is 4.26. The Kier molecular flexibility index (Phi) is 6.54. The summed E-state index contributed by atoms with van der Waals surface area (Å²) >= 11 is 1.59. The highest BCUT2D eigenvalue weighted by molar-refractivity contribution is 7.08. The van der Waals surface area contributed by atoms with Gasteiger partial charge in [0.15, 0.2) is 0 Å². The number of hydrazone groups is 1. The number of para-hydroxylation sites is 1. The lowest BCUT2D eigenvalue weighted by atomic mass is 9.97. The molecule has 1 N–H and O–H groups in total. The number of rotatable bonds is 8. The summed E-state index contributed by atoms with van der Waals surface area (Å²) in [5.74, 6) is -1.10. The summed E-state index contributed by atoms with van der Waals surface area (Å²) < 4.78 is 1.84. The van der Waals surface area contributed by atoms with Crippen molar-refractivity contribution in [2.45, 2.75) is 31.7 Å². The largest absolute Gasteiger partial charge is 0.481 e. The van der Waals surface area contributed by atoms with E-state index in [1.54, 1.807) is 11.3 Å². The smallest absolute Gasteiger partial charge is 0.303 e. The minimum Gasteiger partial charge on any atom is -0.481 e. The molecule has 0 bridgehead atoms. The average molecular weight is 485 g/mol. The first kappa shape index (κ1) is 22.7. The number of thiophene rings is 1. The van der Waals surface area contributed by atoms with Crippen molar-refractivity contribution in [2.24, 2.45) is 5.10 Å². The normalized spacial score (nSPS) is 15.3.